The Morgan fingerprint density at radius 1 is 0.929 bits per heavy atom. The van der Waals surface area contributed by atoms with Crippen molar-refractivity contribution in [2.24, 2.45) is 0 Å². The lowest BCUT2D eigenvalue weighted by Gasteiger charge is -2.09. The van der Waals surface area contributed by atoms with Gasteiger partial charge in [-0.25, -0.2) is 9.97 Å². The van der Waals surface area contributed by atoms with Gasteiger partial charge in [0.05, 0.1) is 24.9 Å². The SMILES string of the molecule is O=c1c2nc(NCCOc3ccccc3)ccc2ncn1Cc1ccccc1. The van der Waals surface area contributed by atoms with E-state index in [-0.39, 0.29) is 5.56 Å². The van der Waals surface area contributed by atoms with Crippen molar-refractivity contribution in [3.05, 3.63) is 95.0 Å². The molecule has 0 bridgehead atoms. The fourth-order valence-electron chi connectivity index (χ4n) is 2.89. The first kappa shape index (κ1) is 17.7. The Morgan fingerprint density at radius 2 is 1.68 bits per heavy atom. The van der Waals surface area contributed by atoms with Crippen LogP contribution in [0.1, 0.15) is 5.56 Å². The number of fused-ring (bicyclic) bond motifs is 1. The number of aromatic nitrogens is 3. The molecule has 6 nitrogen and oxygen atoms in total. The molecule has 0 aliphatic heterocycles. The monoisotopic (exact) mass is 372 g/mol. The van der Waals surface area contributed by atoms with E-state index in [1.54, 1.807) is 17.0 Å². The van der Waals surface area contributed by atoms with Crippen molar-refractivity contribution < 1.29 is 4.74 Å². The minimum absolute atomic E-state index is 0.155. The first-order valence-corrected chi connectivity index (χ1v) is 9.11. The van der Waals surface area contributed by atoms with E-state index in [1.165, 1.54) is 0 Å². The summed E-state index contributed by atoms with van der Waals surface area (Å²) in [5.74, 6) is 1.45. The summed E-state index contributed by atoms with van der Waals surface area (Å²) in [4.78, 5) is 21.6. The molecule has 0 aliphatic rings. The Kier molecular flexibility index (Phi) is 5.29. The van der Waals surface area contributed by atoms with Crippen LogP contribution in [0.2, 0.25) is 0 Å². The van der Waals surface area contributed by atoms with Gasteiger partial charge in [0.1, 0.15) is 18.2 Å². The second kappa shape index (κ2) is 8.35. The molecule has 4 aromatic rings. The van der Waals surface area contributed by atoms with Crippen LogP contribution < -0.4 is 15.6 Å². The number of benzene rings is 2. The molecule has 0 spiro atoms. The van der Waals surface area contributed by atoms with Crippen molar-refractivity contribution in [1.82, 2.24) is 14.5 Å². The van der Waals surface area contributed by atoms with Crippen LogP contribution >= 0.6 is 0 Å². The highest BCUT2D eigenvalue weighted by molar-refractivity contribution is 5.74. The summed E-state index contributed by atoms with van der Waals surface area (Å²) >= 11 is 0. The van der Waals surface area contributed by atoms with Gasteiger partial charge in [0, 0.05) is 0 Å². The number of rotatable bonds is 7. The van der Waals surface area contributed by atoms with E-state index in [0.29, 0.717) is 36.5 Å². The van der Waals surface area contributed by atoms with Crippen LogP contribution in [0.15, 0.2) is 83.9 Å². The van der Waals surface area contributed by atoms with E-state index in [1.807, 2.05) is 66.7 Å². The molecule has 4 rings (SSSR count). The summed E-state index contributed by atoms with van der Waals surface area (Å²) in [6.07, 6.45) is 1.57. The third kappa shape index (κ3) is 4.17. The van der Waals surface area contributed by atoms with Crippen molar-refractivity contribution in [3.63, 3.8) is 0 Å². The molecule has 0 saturated carbocycles. The molecule has 0 radical (unpaired) electrons. The van der Waals surface area contributed by atoms with E-state index in [2.05, 4.69) is 15.3 Å². The first-order chi connectivity index (χ1) is 13.8. The van der Waals surface area contributed by atoms with Crippen molar-refractivity contribution in [3.8, 4) is 5.75 Å². The Bertz CT molecular complexity index is 1110. The predicted octanol–water partition coefficient (Wildman–Crippen LogP) is 3.33. The van der Waals surface area contributed by atoms with Gasteiger partial charge in [0.2, 0.25) is 0 Å². The van der Waals surface area contributed by atoms with E-state index >= 15 is 0 Å². The molecule has 0 amide bonds. The Labute approximate surface area is 162 Å². The zero-order valence-electron chi connectivity index (χ0n) is 15.3. The highest BCUT2D eigenvalue weighted by atomic mass is 16.5. The van der Waals surface area contributed by atoms with Gasteiger partial charge in [0.15, 0.2) is 5.52 Å². The standard InChI is InChI=1S/C22H20N4O2/c27-22-21-19(24-16-26(22)15-17-7-3-1-4-8-17)11-12-20(25-21)23-13-14-28-18-9-5-2-6-10-18/h1-12,16H,13-15H2,(H,23,25). The lowest BCUT2D eigenvalue weighted by Crippen LogP contribution is -2.22. The van der Waals surface area contributed by atoms with Gasteiger partial charge >= 0.3 is 0 Å². The van der Waals surface area contributed by atoms with Gasteiger partial charge in [-0.1, -0.05) is 48.5 Å². The van der Waals surface area contributed by atoms with Crippen molar-refractivity contribution in [2.45, 2.75) is 6.54 Å². The summed E-state index contributed by atoms with van der Waals surface area (Å²) < 4.78 is 7.23. The highest BCUT2D eigenvalue weighted by Gasteiger charge is 2.07. The molecular formula is C22H20N4O2. The van der Waals surface area contributed by atoms with E-state index in [9.17, 15) is 4.79 Å². The topological polar surface area (TPSA) is 69.0 Å². The van der Waals surface area contributed by atoms with Gasteiger partial charge in [-0.3, -0.25) is 9.36 Å². The Balaban J connectivity index is 1.46. The average Bonchev–Trinajstić information content (AvgIpc) is 2.75. The lowest BCUT2D eigenvalue weighted by molar-refractivity contribution is 0.333. The second-order valence-corrected chi connectivity index (χ2v) is 6.32. The number of nitrogens with one attached hydrogen (secondary N) is 1. The third-order valence-electron chi connectivity index (χ3n) is 4.29. The van der Waals surface area contributed by atoms with Crippen molar-refractivity contribution in [1.29, 1.82) is 0 Å². The number of ether oxygens (including phenoxy) is 1. The molecule has 28 heavy (non-hydrogen) atoms. The molecule has 140 valence electrons. The largest absolute Gasteiger partial charge is 0.492 e. The third-order valence-corrected chi connectivity index (χ3v) is 4.29. The number of hydrogen-bond donors (Lipinski definition) is 1. The summed E-state index contributed by atoms with van der Waals surface area (Å²) in [5, 5.41) is 3.19. The van der Waals surface area contributed by atoms with Crippen molar-refractivity contribution >= 4 is 16.9 Å². The van der Waals surface area contributed by atoms with E-state index in [4.69, 9.17) is 4.74 Å². The smallest absolute Gasteiger partial charge is 0.280 e. The van der Waals surface area contributed by atoms with E-state index < -0.39 is 0 Å². The van der Waals surface area contributed by atoms with Crippen LogP contribution in [0.25, 0.3) is 11.0 Å². The quantitative estimate of drug-likeness (QED) is 0.504. The minimum Gasteiger partial charge on any atom is -0.492 e. The van der Waals surface area contributed by atoms with Crippen LogP contribution in [-0.4, -0.2) is 27.7 Å². The molecule has 2 aromatic heterocycles. The summed E-state index contributed by atoms with van der Waals surface area (Å²) in [6.45, 7) is 1.54. The maximum atomic E-state index is 12.8. The normalized spacial score (nSPS) is 10.7. The van der Waals surface area contributed by atoms with Gasteiger partial charge in [-0.05, 0) is 29.8 Å². The predicted molar refractivity (Wildman–Crippen MR) is 110 cm³/mol. The maximum Gasteiger partial charge on any atom is 0.280 e. The molecule has 2 aromatic carbocycles. The fourth-order valence-corrected chi connectivity index (χ4v) is 2.89. The minimum atomic E-state index is -0.155. The molecule has 0 aliphatic carbocycles. The lowest BCUT2D eigenvalue weighted by atomic mass is 10.2. The van der Waals surface area contributed by atoms with Crippen LogP contribution in [-0.2, 0) is 6.54 Å². The fraction of sp³-hybridized carbons (Fsp3) is 0.136. The van der Waals surface area contributed by atoms with Gasteiger partial charge in [-0.2, -0.15) is 0 Å². The van der Waals surface area contributed by atoms with Gasteiger partial charge < -0.3 is 10.1 Å². The average molecular weight is 372 g/mol. The second-order valence-electron chi connectivity index (χ2n) is 6.32. The number of hydrogen-bond acceptors (Lipinski definition) is 5. The highest BCUT2D eigenvalue weighted by Crippen LogP contribution is 2.11. The molecule has 0 atom stereocenters. The summed E-state index contributed by atoms with van der Waals surface area (Å²) in [5.41, 5.74) is 1.82. The number of para-hydroxylation sites is 1. The summed E-state index contributed by atoms with van der Waals surface area (Å²) in [6, 6.07) is 23.1. The molecule has 0 unspecified atom stereocenters. The number of pyridine rings is 1. The number of anilines is 1. The zero-order chi connectivity index (χ0) is 19.2. The first-order valence-electron chi connectivity index (χ1n) is 9.11. The van der Waals surface area contributed by atoms with Crippen molar-refractivity contribution in [2.75, 3.05) is 18.5 Å². The van der Waals surface area contributed by atoms with Crippen LogP contribution in [0.4, 0.5) is 5.82 Å². The Morgan fingerprint density at radius 3 is 2.46 bits per heavy atom. The van der Waals surface area contributed by atoms with Crippen LogP contribution in [0, 0.1) is 0 Å². The molecule has 1 N–H and O–H groups in total. The zero-order valence-corrected chi connectivity index (χ0v) is 15.3. The van der Waals surface area contributed by atoms with E-state index in [0.717, 1.165) is 11.3 Å². The number of nitrogens with zero attached hydrogens (tertiary/aromatic N) is 3. The maximum absolute atomic E-state index is 12.8. The molecule has 2 heterocycles. The summed E-state index contributed by atoms with van der Waals surface area (Å²) in [7, 11) is 0. The Hall–Kier alpha value is -3.67. The molecule has 6 heteroatoms. The van der Waals surface area contributed by atoms with Crippen LogP contribution in [0.3, 0.4) is 0 Å². The molecule has 0 saturated heterocycles. The van der Waals surface area contributed by atoms with Gasteiger partial charge in [-0.15, -0.1) is 0 Å². The molecule has 0 fully saturated rings. The molecular weight excluding hydrogens is 352 g/mol. The van der Waals surface area contributed by atoms with Gasteiger partial charge in [0.25, 0.3) is 5.56 Å². The van der Waals surface area contributed by atoms with Crippen LogP contribution in [0.5, 0.6) is 5.75 Å².